The van der Waals surface area contributed by atoms with Crippen molar-refractivity contribution in [2.24, 2.45) is 11.7 Å². The largest absolute Gasteiger partial charge is 0.469 e. The number of imidazole rings is 1. The van der Waals surface area contributed by atoms with Crippen LogP contribution in [0.1, 0.15) is 34.3 Å². The number of carbonyl (C=O) groups excluding carboxylic acids is 2. The lowest BCUT2D eigenvalue weighted by molar-refractivity contribution is -0.147. The average Bonchev–Trinajstić information content (AvgIpc) is 3.54. The lowest BCUT2D eigenvalue weighted by atomic mass is 9.89. The molecule has 8 nitrogen and oxygen atoms in total. The van der Waals surface area contributed by atoms with Gasteiger partial charge in [-0.2, -0.15) is 0 Å². The number of amidine groups is 1. The number of rotatable bonds is 7. The molecule has 1 aliphatic rings. The van der Waals surface area contributed by atoms with Crippen molar-refractivity contribution >= 4 is 17.7 Å². The molecule has 3 aromatic rings. The predicted octanol–water partition coefficient (Wildman–Crippen LogP) is 3.00. The fourth-order valence-corrected chi connectivity index (χ4v) is 4.48. The van der Waals surface area contributed by atoms with E-state index in [1.807, 2.05) is 30.3 Å². The summed E-state index contributed by atoms with van der Waals surface area (Å²) in [6.07, 6.45) is 5.30. The molecule has 1 fully saturated rings. The van der Waals surface area contributed by atoms with Gasteiger partial charge in [0.2, 0.25) is 0 Å². The topological polar surface area (TPSA) is 125 Å². The first-order valence-corrected chi connectivity index (χ1v) is 10.9. The number of esters is 1. The monoisotopic (exact) mass is 445 g/mol. The van der Waals surface area contributed by atoms with Crippen LogP contribution in [-0.4, -0.2) is 52.3 Å². The Kier molecular flexibility index (Phi) is 6.53. The minimum atomic E-state index is -0.507. The van der Waals surface area contributed by atoms with Gasteiger partial charge in [0.25, 0.3) is 5.91 Å². The zero-order valence-corrected chi connectivity index (χ0v) is 18.5. The lowest BCUT2D eigenvalue weighted by Crippen LogP contribution is -2.44. The molecule has 0 aliphatic carbocycles. The smallest absolute Gasteiger partial charge is 0.311 e. The van der Waals surface area contributed by atoms with E-state index in [9.17, 15) is 9.59 Å². The van der Waals surface area contributed by atoms with Crippen molar-refractivity contribution in [2.45, 2.75) is 25.3 Å². The maximum atomic E-state index is 13.4. The number of aromatic amines is 1. The molecule has 1 aliphatic heterocycles. The summed E-state index contributed by atoms with van der Waals surface area (Å²) < 4.78 is 5.11. The molecule has 33 heavy (non-hydrogen) atoms. The molecule has 8 heteroatoms. The van der Waals surface area contributed by atoms with Crippen molar-refractivity contribution in [2.75, 3.05) is 13.7 Å². The highest BCUT2D eigenvalue weighted by Crippen LogP contribution is 2.30. The Balaban J connectivity index is 1.56. The summed E-state index contributed by atoms with van der Waals surface area (Å²) in [7, 11) is 1.37. The number of nitrogens with one attached hydrogen (secondary N) is 2. The van der Waals surface area contributed by atoms with Crippen LogP contribution in [0.2, 0.25) is 0 Å². The SMILES string of the molecule is COC(=O)C(Cc1cccc(C(=N)N)c1)C1CCCN1C(=O)c1ccc(-c2cnc[nH]2)cc1. The molecule has 1 aromatic heterocycles. The Morgan fingerprint density at radius 2 is 2.03 bits per heavy atom. The summed E-state index contributed by atoms with van der Waals surface area (Å²) >= 11 is 0. The number of H-pyrrole nitrogens is 1. The number of nitrogen functional groups attached to an aromatic ring is 1. The van der Waals surface area contributed by atoms with E-state index >= 15 is 0 Å². The van der Waals surface area contributed by atoms with Crippen molar-refractivity contribution in [3.8, 4) is 11.3 Å². The van der Waals surface area contributed by atoms with Crippen LogP contribution in [0, 0.1) is 11.3 Å². The predicted molar refractivity (Wildman–Crippen MR) is 125 cm³/mol. The third-order valence-corrected chi connectivity index (χ3v) is 6.16. The van der Waals surface area contributed by atoms with Crippen LogP contribution in [0.15, 0.2) is 61.1 Å². The minimum Gasteiger partial charge on any atom is -0.469 e. The highest BCUT2D eigenvalue weighted by atomic mass is 16.5. The van der Waals surface area contributed by atoms with Gasteiger partial charge in [-0.3, -0.25) is 15.0 Å². The molecule has 0 spiro atoms. The molecule has 2 unspecified atom stereocenters. The van der Waals surface area contributed by atoms with E-state index in [1.165, 1.54) is 7.11 Å². The third kappa shape index (κ3) is 4.79. The van der Waals surface area contributed by atoms with Crippen molar-refractivity contribution in [1.29, 1.82) is 5.41 Å². The van der Waals surface area contributed by atoms with E-state index in [2.05, 4.69) is 9.97 Å². The molecule has 0 radical (unpaired) electrons. The number of likely N-dealkylation sites (tertiary alicyclic amines) is 1. The van der Waals surface area contributed by atoms with Crippen LogP contribution >= 0.6 is 0 Å². The standard InChI is InChI=1S/C25H27N5O3/c1-33-25(32)20(13-16-4-2-5-19(12-16)23(26)27)22-6-3-11-30(22)24(31)18-9-7-17(8-10-18)21-14-28-15-29-21/h2,4-5,7-10,12,14-15,20,22H,3,6,11,13H2,1H3,(H3,26,27)(H,28,29). The molecular formula is C25H27N5O3. The van der Waals surface area contributed by atoms with Crippen LogP contribution in [0.25, 0.3) is 11.3 Å². The van der Waals surface area contributed by atoms with Crippen LogP contribution in [0.3, 0.4) is 0 Å². The van der Waals surface area contributed by atoms with Crippen molar-refractivity contribution in [1.82, 2.24) is 14.9 Å². The van der Waals surface area contributed by atoms with Crippen LogP contribution in [0.5, 0.6) is 0 Å². The Labute approximate surface area is 192 Å². The Bertz CT molecular complexity index is 1140. The Morgan fingerprint density at radius 1 is 1.24 bits per heavy atom. The van der Waals surface area contributed by atoms with E-state index in [0.717, 1.165) is 29.7 Å². The molecule has 4 rings (SSSR count). The van der Waals surface area contributed by atoms with Crippen LogP contribution in [0.4, 0.5) is 0 Å². The van der Waals surface area contributed by atoms with Crippen molar-refractivity contribution in [3.05, 3.63) is 77.7 Å². The van der Waals surface area contributed by atoms with Gasteiger partial charge in [-0.25, -0.2) is 4.98 Å². The molecule has 170 valence electrons. The first-order chi connectivity index (χ1) is 16.0. The van der Waals surface area contributed by atoms with E-state index in [1.54, 1.807) is 35.6 Å². The molecule has 2 heterocycles. The van der Waals surface area contributed by atoms with E-state index in [0.29, 0.717) is 24.1 Å². The summed E-state index contributed by atoms with van der Waals surface area (Å²) in [5.41, 5.74) is 9.50. The third-order valence-electron chi connectivity index (χ3n) is 6.16. The van der Waals surface area contributed by atoms with Gasteiger partial charge in [-0.1, -0.05) is 30.3 Å². The minimum absolute atomic E-state index is 0.0253. The molecule has 0 bridgehead atoms. The molecule has 1 saturated heterocycles. The van der Waals surface area contributed by atoms with Crippen molar-refractivity contribution < 1.29 is 14.3 Å². The van der Waals surface area contributed by atoms with Gasteiger partial charge in [0.1, 0.15) is 5.84 Å². The molecule has 2 aromatic carbocycles. The number of ether oxygens (including phenoxy) is 1. The molecule has 1 amide bonds. The fourth-order valence-electron chi connectivity index (χ4n) is 4.48. The average molecular weight is 446 g/mol. The number of benzene rings is 2. The quantitative estimate of drug-likeness (QED) is 0.293. The van der Waals surface area contributed by atoms with Gasteiger partial charge in [-0.15, -0.1) is 0 Å². The second kappa shape index (κ2) is 9.68. The van der Waals surface area contributed by atoms with Gasteiger partial charge in [0.05, 0.1) is 31.2 Å². The number of amides is 1. The van der Waals surface area contributed by atoms with Gasteiger partial charge in [-0.05, 0) is 48.6 Å². The van der Waals surface area contributed by atoms with Gasteiger partial charge in [0, 0.05) is 23.7 Å². The zero-order chi connectivity index (χ0) is 23.4. The maximum absolute atomic E-state index is 13.4. The van der Waals surface area contributed by atoms with E-state index in [-0.39, 0.29) is 23.8 Å². The van der Waals surface area contributed by atoms with E-state index < -0.39 is 5.92 Å². The van der Waals surface area contributed by atoms with Crippen molar-refractivity contribution in [3.63, 3.8) is 0 Å². The van der Waals surface area contributed by atoms with Gasteiger partial charge >= 0.3 is 5.97 Å². The van der Waals surface area contributed by atoms with Gasteiger partial charge in [0.15, 0.2) is 0 Å². The van der Waals surface area contributed by atoms with Crippen LogP contribution in [-0.2, 0) is 16.0 Å². The normalized spacial score (nSPS) is 16.4. The first kappa shape index (κ1) is 22.3. The highest BCUT2D eigenvalue weighted by Gasteiger charge is 2.39. The number of carbonyl (C=O) groups is 2. The number of nitrogens with zero attached hydrogens (tertiary/aromatic N) is 2. The first-order valence-electron chi connectivity index (χ1n) is 10.9. The lowest BCUT2D eigenvalue weighted by Gasteiger charge is -2.30. The Hall–Kier alpha value is -3.94. The zero-order valence-electron chi connectivity index (χ0n) is 18.5. The van der Waals surface area contributed by atoms with Gasteiger partial charge < -0.3 is 20.4 Å². The van der Waals surface area contributed by atoms with Crippen LogP contribution < -0.4 is 5.73 Å². The summed E-state index contributed by atoms with van der Waals surface area (Å²) in [6.45, 7) is 0.590. The fraction of sp³-hybridized carbons (Fsp3) is 0.280. The number of hydrogen-bond acceptors (Lipinski definition) is 5. The highest BCUT2D eigenvalue weighted by molar-refractivity contribution is 5.96. The summed E-state index contributed by atoms with van der Waals surface area (Å²) in [6, 6.07) is 14.4. The Morgan fingerprint density at radius 3 is 2.70 bits per heavy atom. The van der Waals surface area contributed by atoms with E-state index in [4.69, 9.17) is 15.9 Å². The molecular weight excluding hydrogens is 418 g/mol. The summed E-state index contributed by atoms with van der Waals surface area (Å²) in [5.74, 6) is -0.974. The molecule has 2 atom stereocenters. The molecule has 0 saturated carbocycles. The second-order valence-electron chi connectivity index (χ2n) is 8.20. The summed E-state index contributed by atoms with van der Waals surface area (Å²) in [5, 5.41) is 7.67. The maximum Gasteiger partial charge on any atom is 0.311 e. The number of methoxy groups -OCH3 is 1. The number of hydrogen-bond donors (Lipinski definition) is 3. The summed E-state index contributed by atoms with van der Waals surface area (Å²) in [4.78, 5) is 35.0. The number of nitrogens with two attached hydrogens (primary N) is 1. The molecule has 4 N–H and O–H groups in total. The number of aromatic nitrogens is 2. The second-order valence-corrected chi connectivity index (χ2v) is 8.20.